The van der Waals surface area contributed by atoms with Gasteiger partial charge in [0, 0.05) is 38.8 Å². The van der Waals surface area contributed by atoms with E-state index in [9.17, 15) is 8.42 Å². The first-order valence-corrected chi connectivity index (χ1v) is 9.29. The smallest absolute Gasteiger partial charge is 0.211 e. The van der Waals surface area contributed by atoms with E-state index in [1.165, 1.54) is 25.8 Å². The van der Waals surface area contributed by atoms with E-state index in [-0.39, 0.29) is 0 Å². The summed E-state index contributed by atoms with van der Waals surface area (Å²) in [6, 6.07) is 0.765. The highest BCUT2D eigenvalue weighted by atomic mass is 32.2. The first-order valence-electron chi connectivity index (χ1n) is 7.44. The first-order chi connectivity index (χ1) is 9.04. The lowest BCUT2D eigenvalue weighted by molar-refractivity contribution is 0.154. The van der Waals surface area contributed by atoms with E-state index < -0.39 is 10.0 Å². The van der Waals surface area contributed by atoms with Gasteiger partial charge in [-0.2, -0.15) is 0 Å². The van der Waals surface area contributed by atoms with Crippen LogP contribution in [0.15, 0.2) is 0 Å². The Balaban J connectivity index is 1.49. The van der Waals surface area contributed by atoms with Crippen molar-refractivity contribution in [2.75, 3.05) is 45.5 Å². The molecule has 1 N–H and O–H groups in total. The summed E-state index contributed by atoms with van der Waals surface area (Å²) in [4.78, 5) is 2.63. The zero-order chi connectivity index (χ0) is 13.5. The molecule has 0 bridgehead atoms. The van der Waals surface area contributed by atoms with Gasteiger partial charge in [0.15, 0.2) is 0 Å². The summed E-state index contributed by atoms with van der Waals surface area (Å²) in [7, 11) is -2.98. The number of likely N-dealkylation sites (tertiary alicyclic amines) is 1. The van der Waals surface area contributed by atoms with Gasteiger partial charge in [-0.1, -0.05) is 0 Å². The van der Waals surface area contributed by atoms with Crippen molar-refractivity contribution >= 4 is 10.0 Å². The second kappa shape index (κ2) is 5.31. The second-order valence-corrected chi connectivity index (χ2v) is 8.34. The van der Waals surface area contributed by atoms with Crippen LogP contribution >= 0.6 is 0 Å². The standard InChI is InChI=1S/C13H25N3O2S/c1-19(17,18)16-6-3-11(4-7-16)12-2-5-15(10-12)13-8-14-9-13/h11-14H,2-10H2,1H3. The molecule has 0 aromatic carbocycles. The fraction of sp³-hybridized carbons (Fsp3) is 1.00. The topological polar surface area (TPSA) is 52.7 Å². The lowest BCUT2D eigenvalue weighted by Crippen LogP contribution is -2.56. The number of hydrogen-bond acceptors (Lipinski definition) is 4. The molecule has 0 aromatic rings. The third-order valence-electron chi connectivity index (χ3n) is 5.17. The van der Waals surface area contributed by atoms with Gasteiger partial charge in [-0.3, -0.25) is 4.90 Å². The molecule has 5 nitrogen and oxygen atoms in total. The van der Waals surface area contributed by atoms with Gasteiger partial charge in [-0.25, -0.2) is 12.7 Å². The number of nitrogens with one attached hydrogen (secondary N) is 1. The summed E-state index contributed by atoms with van der Waals surface area (Å²) in [6.07, 6.45) is 4.73. The molecule has 0 amide bonds. The Morgan fingerprint density at radius 3 is 2.16 bits per heavy atom. The lowest BCUT2D eigenvalue weighted by atomic mass is 9.84. The van der Waals surface area contributed by atoms with Crippen LogP contribution in [-0.2, 0) is 10.0 Å². The zero-order valence-corrected chi connectivity index (χ0v) is 12.5. The van der Waals surface area contributed by atoms with Crippen molar-refractivity contribution in [2.24, 2.45) is 11.8 Å². The van der Waals surface area contributed by atoms with Crippen LogP contribution in [0.4, 0.5) is 0 Å². The van der Waals surface area contributed by atoms with Gasteiger partial charge >= 0.3 is 0 Å². The van der Waals surface area contributed by atoms with Crippen LogP contribution in [0.1, 0.15) is 19.3 Å². The molecule has 1 unspecified atom stereocenters. The number of nitrogens with zero attached hydrogens (tertiary/aromatic N) is 2. The molecule has 0 spiro atoms. The minimum atomic E-state index is -2.98. The van der Waals surface area contributed by atoms with Gasteiger partial charge in [0.1, 0.15) is 0 Å². The van der Waals surface area contributed by atoms with E-state index in [0.29, 0.717) is 0 Å². The molecule has 0 aromatic heterocycles. The van der Waals surface area contributed by atoms with Gasteiger partial charge < -0.3 is 5.32 Å². The summed E-state index contributed by atoms with van der Waals surface area (Å²) in [5.74, 6) is 1.53. The van der Waals surface area contributed by atoms with Crippen molar-refractivity contribution in [3.05, 3.63) is 0 Å². The predicted molar refractivity (Wildman–Crippen MR) is 75.5 cm³/mol. The normalized spacial score (nSPS) is 32.6. The van der Waals surface area contributed by atoms with Crippen molar-refractivity contribution in [2.45, 2.75) is 25.3 Å². The maximum atomic E-state index is 11.5. The van der Waals surface area contributed by atoms with Gasteiger partial charge in [-0.05, 0) is 37.6 Å². The van der Waals surface area contributed by atoms with Gasteiger partial charge in [0.25, 0.3) is 0 Å². The minimum Gasteiger partial charge on any atom is -0.314 e. The van der Waals surface area contributed by atoms with Crippen LogP contribution in [0.25, 0.3) is 0 Å². The number of rotatable bonds is 3. The SMILES string of the molecule is CS(=O)(=O)N1CCC(C2CCN(C3CNC3)C2)CC1. The zero-order valence-electron chi connectivity index (χ0n) is 11.7. The monoisotopic (exact) mass is 287 g/mol. The van der Waals surface area contributed by atoms with E-state index in [4.69, 9.17) is 0 Å². The molecule has 110 valence electrons. The van der Waals surface area contributed by atoms with Crippen LogP contribution in [-0.4, -0.2) is 69.2 Å². The molecule has 3 heterocycles. The highest BCUT2D eigenvalue weighted by molar-refractivity contribution is 7.88. The Bertz CT molecular complexity index is 414. The Labute approximate surface area is 116 Å². The Morgan fingerprint density at radius 1 is 1.00 bits per heavy atom. The second-order valence-electron chi connectivity index (χ2n) is 6.36. The molecule has 3 rings (SSSR count). The lowest BCUT2D eigenvalue weighted by Gasteiger charge is -2.37. The third-order valence-corrected chi connectivity index (χ3v) is 6.47. The summed E-state index contributed by atoms with van der Waals surface area (Å²) in [6.45, 7) is 6.23. The van der Waals surface area contributed by atoms with Crippen molar-refractivity contribution in [3.63, 3.8) is 0 Å². The molecular weight excluding hydrogens is 262 g/mol. The predicted octanol–water partition coefficient (Wildman–Crippen LogP) is -0.0483. The van der Waals surface area contributed by atoms with Crippen molar-refractivity contribution in [1.29, 1.82) is 0 Å². The largest absolute Gasteiger partial charge is 0.314 e. The molecule has 1 atom stereocenters. The molecule has 0 saturated carbocycles. The van der Waals surface area contributed by atoms with Crippen LogP contribution in [0, 0.1) is 11.8 Å². The molecule has 3 fully saturated rings. The summed E-state index contributed by atoms with van der Waals surface area (Å²) in [5, 5.41) is 3.34. The molecular formula is C13H25N3O2S. The average Bonchev–Trinajstić information content (AvgIpc) is 2.75. The van der Waals surface area contributed by atoms with Crippen LogP contribution in [0.5, 0.6) is 0 Å². The van der Waals surface area contributed by atoms with E-state index in [0.717, 1.165) is 56.9 Å². The third kappa shape index (κ3) is 2.96. The van der Waals surface area contributed by atoms with Gasteiger partial charge in [0.2, 0.25) is 10.0 Å². The van der Waals surface area contributed by atoms with Crippen molar-refractivity contribution in [1.82, 2.24) is 14.5 Å². The molecule has 0 radical (unpaired) electrons. The van der Waals surface area contributed by atoms with E-state index >= 15 is 0 Å². The molecule has 0 aliphatic carbocycles. The average molecular weight is 287 g/mol. The fourth-order valence-corrected chi connectivity index (χ4v) is 4.62. The number of sulfonamides is 1. The van der Waals surface area contributed by atoms with E-state index in [2.05, 4.69) is 10.2 Å². The number of hydrogen-bond donors (Lipinski definition) is 1. The number of piperidine rings is 1. The van der Waals surface area contributed by atoms with Crippen LogP contribution < -0.4 is 5.32 Å². The highest BCUT2D eigenvalue weighted by Crippen LogP contribution is 2.33. The van der Waals surface area contributed by atoms with Crippen molar-refractivity contribution < 1.29 is 8.42 Å². The maximum absolute atomic E-state index is 11.5. The van der Waals surface area contributed by atoms with Crippen molar-refractivity contribution in [3.8, 4) is 0 Å². The molecule has 19 heavy (non-hydrogen) atoms. The summed E-state index contributed by atoms with van der Waals surface area (Å²) < 4.78 is 24.7. The van der Waals surface area contributed by atoms with E-state index in [1.54, 1.807) is 4.31 Å². The molecule has 6 heteroatoms. The fourth-order valence-electron chi connectivity index (χ4n) is 3.74. The first kappa shape index (κ1) is 13.8. The molecule has 3 saturated heterocycles. The Morgan fingerprint density at radius 2 is 1.63 bits per heavy atom. The Kier molecular flexibility index (Phi) is 3.86. The van der Waals surface area contributed by atoms with E-state index in [1.807, 2.05) is 0 Å². The highest BCUT2D eigenvalue weighted by Gasteiger charge is 2.36. The van der Waals surface area contributed by atoms with Gasteiger partial charge in [-0.15, -0.1) is 0 Å². The quantitative estimate of drug-likeness (QED) is 0.791. The van der Waals surface area contributed by atoms with Crippen LogP contribution in [0.2, 0.25) is 0 Å². The Hall–Kier alpha value is -0.170. The maximum Gasteiger partial charge on any atom is 0.211 e. The van der Waals surface area contributed by atoms with Crippen LogP contribution in [0.3, 0.4) is 0 Å². The van der Waals surface area contributed by atoms with Gasteiger partial charge in [0.05, 0.1) is 6.26 Å². The molecule has 3 aliphatic heterocycles. The molecule has 3 aliphatic rings. The minimum absolute atomic E-state index is 0.727. The summed E-state index contributed by atoms with van der Waals surface area (Å²) in [5.41, 5.74) is 0. The summed E-state index contributed by atoms with van der Waals surface area (Å²) >= 11 is 0.